The molecule has 0 spiro atoms. The molecule has 1 saturated heterocycles. The Balaban J connectivity index is 1.13. The van der Waals surface area contributed by atoms with E-state index in [0.29, 0.717) is 17.2 Å². The number of thiazole rings is 1. The first kappa shape index (κ1) is 24.2. The summed E-state index contributed by atoms with van der Waals surface area (Å²) in [6.07, 6.45) is 4.93. The van der Waals surface area contributed by atoms with Gasteiger partial charge < -0.3 is 0 Å². The van der Waals surface area contributed by atoms with E-state index in [1.807, 2.05) is 0 Å². The number of aromatic nitrogens is 1. The number of hydrogen-bond acceptors (Lipinski definition) is 5. The van der Waals surface area contributed by atoms with Crippen LogP contribution in [0.5, 0.6) is 0 Å². The highest BCUT2D eigenvalue weighted by Gasteiger charge is 2.53. The van der Waals surface area contributed by atoms with Crippen LogP contribution in [0.3, 0.4) is 0 Å². The largest absolute Gasteiger partial charge is 0.298 e. The number of carbonyl (C=O) groups is 1. The van der Waals surface area contributed by atoms with Crippen molar-refractivity contribution < 1.29 is 13.2 Å². The van der Waals surface area contributed by atoms with E-state index in [1.54, 1.807) is 28.6 Å². The molecule has 3 aliphatic rings. The highest BCUT2D eigenvalue weighted by molar-refractivity contribution is 7.89. The van der Waals surface area contributed by atoms with Crippen LogP contribution in [0.4, 0.5) is 5.13 Å². The van der Waals surface area contributed by atoms with Crippen LogP contribution in [0.15, 0.2) is 53.4 Å². The predicted octanol–water partition coefficient (Wildman–Crippen LogP) is 6.39. The molecule has 8 heteroatoms. The number of anilines is 1. The van der Waals surface area contributed by atoms with Gasteiger partial charge in [-0.3, -0.25) is 10.1 Å². The molecule has 38 heavy (non-hydrogen) atoms. The number of benzene rings is 3. The Hall–Kier alpha value is -2.81. The van der Waals surface area contributed by atoms with Gasteiger partial charge in [0.2, 0.25) is 10.0 Å². The molecule has 2 atom stereocenters. The Bertz CT molecular complexity index is 1740. The Kier molecular flexibility index (Phi) is 5.17. The average molecular weight is 546 g/mol. The van der Waals surface area contributed by atoms with Gasteiger partial charge in [0.1, 0.15) is 0 Å². The normalized spacial score (nSPS) is 24.3. The van der Waals surface area contributed by atoms with Gasteiger partial charge >= 0.3 is 0 Å². The second-order valence-electron chi connectivity index (χ2n) is 12.5. The standard InChI is InChI=1S/C30H31N3O3S2/c1-29(2)14-21-15-30(3,16-29)17-33(21)38(35,36)22-11-9-19(10-12-22)27(34)32-28-31-26-23-6-4-5-18-7-8-20(25(18)23)13-24(26)37-28/h4-6,9-13,21H,7-8,14-17H2,1-3H3,(H,31,32,34). The Morgan fingerprint density at radius 2 is 1.82 bits per heavy atom. The number of fused-ring (bicyclic) bond motifs is 4. The van der Waals surface area contributed by atoms with E-state index < -0.39 is 10.0 Å². The van der Waals surface area contributed by atoms with Gasteiger partial charge in [-0.05, 0) is 89.8 Å². The maximum absolute atomic E-state index is 13.6. The first-order valence-corrected chi connectivity index (χ1v) is 15.5. The van der Waals surface area contributed by atoms with Crippen LogP contribution in [0.1, 0.15) is 61.5 Å². The zero-order chi connectivity index (χ0) is 26.4. The van der Waals surface area contributed by atoms with Crippen molar-refractivity contribution in [3.05, 3.63) is 65.2 Å². The average Bonchev–Trinajstić information content (AvgIpc) is 3.53. The Morgan fingerprint density at radius 3 is 2.61 bits per heavy atom. The number of carbonyl (C=O) groups excluding carboxylic acids is 1. The summed E-state index contributed by atoms with van der Waals surface area (Å²) < 4.78 is 29.9. The lowest BCUT2D eigenvalue weighted by atomic mass is 9.65. The van der Waals surface area contributed by atoms with Crippen LogP contribution >= 0.6 is 11.3 Å². The van der Waals surface area contributed by atoms with E-state index in [4.69, 9.17) is 4.98 Å². The summed E-state index contributed by atoms with van der Waals surface area (Å²) in [6.45, 7) is 7.24. The lowest BCUT2D eigenvalue weighted by Crippen LogP contribution is -2.37. The third-order valence-corrected chi connectivity index (χ3v) is 11.5. The van der Waals surface area contributed by atoms with Crippen LogP contribution in [-0.2, 0) is 22.9 Å². The van der Waals surface area contributed by atoms with Crippen molar-refractivity contribution in [3.63, 3.8) is 0 Å². The van der Waals surface area contributed by atoms with Crippen molar-refractivity contribution in [1.29, 1.82) is 0 Å². The number of nitrogens with zero attached hydrogens (tertiary/aromatic N) is 2. The smallest absolute Gasteiger partial charge is 0.257 e. The van der Waals surface area contributed by atoms with Gasteiger partial charge in [0.25, 0.3) is 5.91 Å². The van der Waals surface area contributed by atoms with Gasteiger partial charge in [-0.2, -0.15) is 4.31 Å². The molecule has 6 nitrogen and oxygen atoms in total. The summed E-state index contributed by atoms with van der Waals surface area (Å²) in [5.41, 5.74) is 4.19. The number of amides is 1. The third kappa shape index (κ3) is 3.80. The third-order valence-electron chi connectivity index (χ3n) is 8.66. The fourth-order valence-electron chi connectivity index (χ4n) is 7.53. The van der Waals surface area contributed by atoms with Crippen molar-refractivity contribution in [3.8, 4) is 0 Å². The quantitative estimate of drug-likeness (QED) is 0.322. The lowest BCUT2D eigenvalue weighted by Gasteiger charge is -2.39. The van der Waals surface area contributed by atoms with Gasteiger partial charge in [-0.1, -0.05) is 50.3 Å². The first-order valence-electron chi connectivity index (χ1n) is 13.3. The minimum atomic E-state index is -3.63. The maximum Gasteiger partial charge on any atom is 0.257 e. The van der Waals surface area contributed by atoms with Crippen LogP contribution in [0.25, 0.3) is 21.0 Å². The van der Waals surface area contributed by atoms with Crippen LogP contribution in [-0.4, -0.2) is 36.2 Å². The summed E-state index contributed by atoms with van der Waals surface area (Å²) in [6, 6.07) is 14.9. The molecule has 3 aromatic carbocycles. The van der Waals surface area contributed by atoms with Gasteiger partial charge in [0.05, 0.1) is 15.1 Å². The maximum atomic E-state index is 13.6. The second-order valence-corrected chi connectivity index (χ2v) is 15.4. The molecule has 2 heterocycles. The van der Waals surface area contributed by atoms with Crippen molar-refractivity contribution >= 4 is 53.4 Å². The monoisotopic (exact) mass is 545 g/mol. The molecule has 4 aromatic rings. The number of hydrogen-bond donors (Lipinski definition) is 1. The molecule has 196 valence electrons. The highest BCUT2D eigenvalue weighted by atomic mass is 32.2. The zero-order valence-corrected chi connectivity index (χ0v) is 23.5. The minimum absolute atomic E-state index is 0.0167. The Morgan fingerprint density at radius 1 is 1.05 bits per heavy atom. The summed E-state index contributed by atoms with van der Waals surface area (Å²) in [7, 11) is -3.63. The number of rotatable bonds is 4. The molecule has 1 amide bonds. The summed E-state index contributed by atoms with van der Waals surface area (Å²) >= 11 is 1.47. The van der Waals surface area contributed by atoms with Crippen LogP contribution < -0.4 is 5.32 Å². The molecule has 2 unspecified atom stereocenters. The molecule has 0 radical (unpaired) electrons. The molecular formula is C30H31N3O3S2. The fraction of sp³-hybridized carbons (Fsp3) is 0.400. The van der Waals surface area contributed by atoms with E-state index >= 15 is 0 Å². The minimum Gasteiger partial charge on any atom is -0.298 e. The van der Waals surface area contributed by atoms with E-state index in [1.165, 1.54) is 27.8 Å². The molecule has 1 N–H and O–H groups in total. The summed E-state index contributed by atoms with van der Waals surface area (Å²) in [5, 5.41) is 5.92. The van der Waals surface area contributed by atoms with Crippen molar-refractivity contribution in [2.75, 3.05) is 11.9 Å². The molecule has 1 saturated carbocycles. The fourth-order valence-corrected chi connectivity index (χ4v) is 10.2. The van der Waals surface area contributed by atoms with Crippen molar-refractivity contribution in [1.82, 2.24) is 9.29 Å². The van der Waals surface area contributed by atoms with Crippen molar-refractivity contribution in [2.45, 2.75) is 63.8 Å². The van der Waals surface area contributed by atoms with E-state index in [-0.39, 0.29) is 27.7 Å². The van der Waals surface area contributed by atoms with Gasteiger partial charge in [0.15, 0.2) is 5.13 Å². The van der Waals surface area contributed by atoms with E-state index in [9.17, 15) is 13.2 Å². The SMILES string of the molecule is CC1(C)CC2CC(C)(CN2S(=O)(=O)c2ccc(C(=O)Nc3nc4c(cc5c6c(cccc64)CC5)s3)cc2)C1. The molecule has 1 aromatic heterocycles. The van der Waals surface area contributed by atoms with E-state index in [0.717, 1.165) is 47.7 Å². The molecule has 2 bridgehead atoms. The molecule has 2 aliphatic carbocycles. The number of nitrogens with one attached hydrogen (secondary N) is 1. The highest BCUT2D eigenvalue weighted by Crippen LogP contribution is 2.53. The zero-order valence-electron chi connectivity index (χ0n) is 21.9. The van der Waals surface area contributed by atoms with Crippen LogP contribution in [0, 0.1) is 10.8 Å². The summed E-state index contributed by atoms with van der Waals surface area (Å²) in [5.74, 6) is -0.295. The van der Waals surface area contributed by atoms with E-state index in [2.05, 4.69) is 50.4 Å². The van der Waals surface area contributed by atoms with Crippen LogP contribution in [0.2, 0.25) is 0 Å². The predicted molar refractivity (Wildman–Crippen MR) is 152 cm³/mol. The lowest BCUT2D eigenvalue weighted by molar-refractivity contribution is 0.102. The van der Waals surface area contributed by atoms with Gasteiger partial charge in [-0.15, -0.1) is 0 Å². The Labute approximate surface area is 227 Å². The summed E-state index contributed by atoms with van der Waals surface area (Å²) in [4.78, 5) is 18.1. The molecular weight excluding hydrogens is 514 g/mol. The first-order chi connectivity index (χ1) is 18.0. The molecule has 7 rings (SSSR count). The second kappa shape index (κ2) is 8.10. The molecule has 2 fully saturated rings. The van der Waals surface area contributed by atoms with Gasteiger partial charge in [0, 0.05) is 23.5 Å². The van der Waals surface area contributed by atoms with Gasteiger partial charge in [-0.25, -0.2) is 13.4 Å². The number of aryl methyl sites for hydroxylation is 2. The number of sulfonamides is 1. The topological polar surface area (TPSA) is 79.4 Å². The van der Waals surface area contributed by atoms with Crippen molar-refractivity contribution in [2.24, 2.45) is 10.8 Å². The molecule has 1 aliphatic heterocycles.